The number of carbonyl (C=O) groups is 2. The first-order valence-corrected chi connectivity index (χ1v) is 9.15. The summed E-state index contributed by atoms with van der Waals surface area (Å²) in [5.74, 6) is -1.48. The van der Waals surface area contributed by atoms with E-state index in [0.29, 0.717) is 34.8 Å². The summed E-state index contributed by atoms with van der Waals surface area (Å²) >= 11 is 0. The Labute approximate surface area is 157 Å². The number of fused-ring (bicyclic) bond motifs is 1. The van der Waals surface area contributed by atoms with E-state index in [-0.39, 0.29) is 0 Å². The van der Waals surface area contributed by atoms with Crippen LogP contribution in [0.15, 0.2) is 53.6 Å². The molecule has 0 fully saturated rings. The first-order valence-electron chi connectivity index (χ1n) is 8.04. The Morgan fingerprint density at radius 2 is 1.78 bits per heavy atom. The molecule has 1 atom stereocenters. The molecule has 0 saturated carbocycles. The highest BCUT2D eigenvalue weighted by atomic mass is 32.2. The van der Waals surface area contributed by atoms with Crippen LogP contribution < -0.4 is 4.31 Å². The fourth-order valence-electron chi connectivity index (χ4n) is 2.70. The van der Waals surface area contributed by atoms with Gasteiger partial charge in [-0.15, -0.1) is 0 Å². The van der Waals surface area contributed by atoms with Gasteiger partial charge in [-0.3, -0.25) is 4.31 Å². The molecule has 2 N–H and O–H groups in total. The third-order valence-electron chi connectivity index (χ3n) is 3.88. The topological polar surface area (TPSA) is 108 Å². The van der Waals surface area contributed by atoms with Crippen LogP contribution in [0.2, 0.25) is 0 Å². The summed E-state index contributed by atoms with van der Waals surface area (Å²) in [4.78, 5) is 26.2. The van der Waals surface area contributed by atoms with Crippen LogP contribution >= 0.6 is 0 Å². The molecule has 0 aliphatic carbocycles. The minimum absolute atomic E-state index is 0.524. The molecule has 0 saturated heterocycles. The molecule has 3 rings (SSSR count). The first-order chi connectivity index (χ1) is 12.9. The molecule has 7 nitrogen and oxygen atoms in total. The van der Waals surface area contributed by atoms with Gasteiger partial charge in [-0.1, -0.05) is 12.1 Å². The van der Waals surface area contributed by atoms with E-state index in [9.17, 15) is 13.8 Å². The summed E-state index contributed by atoms with van der Waals surface area (Å²) in [5, 5.41) is 17.4. The van der Waals surface area contributed by atoms with Crippen LogP contribution in [0.1, 0.15) is 16.7 Å². The van der Waals surface area contributed by atoms with Crippen molar-refractivity contribution in [3.05, 3.63) is 65.4 Å². The van der Waals surface area contributed by atoms with Crippen LogP contribution in [0.4, 0.5) is 5.82 Å². The summed E-state index contributed by atoms with van der Waals surface area (Å²) in [7, 11) is -1.48. The van der Waals surface area contributed by atoms with Gasteiger partial charge >= 0.3 is 11.9 Å². The zero-order chi connectivity index (χ0) is 19.4. The van der Waals surface area contributed by atoms with Crippen LogP contribution in [0, 0.1) is 0 Å². The van der Waals surface area contributed by atoms with E-state index < -0.39 is 22.9 Å². The number of benzene rings is 1. The Balaban J connectivity index is 1.83. The molecule has 1 aromatic carbocycles. The van der Waals surface area contributed by atoms with Crippen LogP contribution in [-0.2, 0) is 27.0 Å². The largest absolute Gasteiger partial charge is 0.478 e. The number of pyridine rings is 1. The lowest BCUT2D eigenvalue weighted by Gasteiger charge is -2.17. The quantitative estimate of drug-likeness (QED) is 0.741. The molecule has 1 aromatic heterocycles. The monoisotopic (exact) mass is 384 g/mol. The standard InChI is InChI=1S/C19H16N2O5S/c22-17(23)6-4-13-2-1-3-16(11-13)27(26)21-9-8-15-10-14(5-7-18(24)25)12-20-19(15)21/h1-7,10-12H,8-9H2,(H,22,23)(H,24,25)/b6-4+,7-5+. The Hall–Kier alpha value is -3.26. The van der Waals surface area contributed by atoms with E-state index >= 15 is 0 Å². The van der Waals surface area contributed by atoms with Gasteiger partial charge in [0.05, 0.1) is 4.90 Å². The lowest BCUT2D eigenvalue weighted by Crippen LogP contribution is -2.24. The summed E-state index contributed by atoms with van der Waals surface area (Å²) in [5.41, 5.74) is 2.21. The lowest BCUT2D eigenvalue weighted by atomic mass is 10.1. The van der Waals surface area contributed by atoms with Crippen LogP contribution in [0.3, 0.4) is 0 Å². The van der Waals surface area contributed by atoms with E-state index in [1.54, 1.807) is 34.8 Å². The van der Waals surface area contributed by atoms with Crippen molar-refractivity contribution in [2.24, 2.45) is 0 Å². The molecule has 0 spiro atoms. The third kappa shape index (κ3) is 4.48. The third-order valence-corrected chi connectivity index (χ3v) is 5.29. The summed E-state index contributed by atoms with van der Waals surface area (Å²) in [6.07, 6.45) is 7.18. The fraction of sp³-hybridized carbons (Fsp3) is 0.105. The number of hydrogen-bond acceptors (Lipinski definition) is 4. The number of aromatic nitrogens is 1. The molecular weight excluding hydrogens is 368 g/mol. The van der Waals surface area contributed by atoms with Crippen molar-refractivity contribution < 1.29 is 24.0 Å². The number of anilines is 1. The van der Waals surface area contributed by atoms with Gasteiger partial charge in [0.2, 0.25) is 0 Å². The van der Waals surface area contributed by atoms with Gasteiger partial charge in [-0.2, -0.15) is 0 Å². The lowest BCUT2D eigenvalue weighted by molar-refractivity contribution is -0.132. The number of hydrogen-bond donors (Lipinski definition) is 2. The maximum Gasteiger partial charge on any atom is 0.328 e. The maximum absolute atomic E-state index is 13.0. The van der Waals surface area contributed by atoms with Gasteiger partial charge in [0.1, 0.15) is 5.82 Å². The van der Waals surface area contributed by atoms with Crippen molar-refractivity contribution in [2.45, 2.75) is 11.3 Å². The molecule has 27 heavy (non-hydrogen) atoms. The molecule has 2 aromatic rings. The molecule has 138 valence electrons. The van der Waals surface area contributed by atoms with Gasteiger partial charge in [0, 0.05) is 24.9 Å². The summed E-state index contributed by atoms with van der Waals surface area (Å²) < 4.78 is 14.6. The van der Waals surface area contributed by atoms with Crippen molar-refractivity contribution in [2.75, 3.05) is 10.8 Å². The smallest absolute Gasteiger partial charge is 0.328 e. The van der Waals surface area contributed by atoms with Crippen molar-refractivity contribution >= 4 is 40.9 Å². The summed E-state index contributed by atoms with van der Waals surface area (Å²) in [6, 6.07) is 8.69. The van der Waals surface area contributed by atoms with E-state index in [0.717, 1.165) is 17.7 Å². The molecule has 2 heterocycles. The highest BCUT2D eigenvalue weighted by molar-refractivity contribution is 7.86. The van der Waals surface area contributed by atoms with Crippen molar-refractivity contribution in [3.63, 3.8) is 0 Å². The average Bonchev–Trinajstić information content (AvgIpc) is 3.07. The molecule has 1 aliphatic heterocycles. The Kier molecular flexibility index (Phi) is 5.46. The minimum Gasteiger partial charge on any atom is -0.478 e. The van der Waals surface area contributed by atoms with Crippen molar-refractivity contribution in [1.82, 2.24) is 4.98 Å². The van der Waals surface area contributed by atoms with Gasteiger partial charge < -0.3 is 10.2 Å². The predicted octanol–water partition coefficient (Wildman–Crippen LogP) is 2.36. The second kappa shape index (κ2) is 7.96. The van der Waals surface area contributed by atoms with Gasteiger partial charge in [-0.05, 0) is 53.5 Å². The van der Waals surface area contributed by atoms with Gasteiger partial charge in [0.15, 0.2) is 11.0 Å². The second-order valence-corrected chi connectivity index (χ2v) is 7.18. The van der Waals surface area contributed by atoms with Crippen LogP contribution in [0.25, 0.3) is 12.2 Å². The Bertz CT molecular complexity index is 984. The zero-order valence-electron chi connectivity index (χ0n) is 14.1. The molecule has 0 amide bonds. The highest BCUT2D eigenvalue weighted by Crippen LogP contribution is 2.30. The molecule has 1 unspecified atom stereocenters. The maximum atomic E-state index is 13.0. The number of carboxylic acid groups (broad SMARTS) is 2. The van der Waals surface area contributed by atoms with E-state index in [1.165, 1.54) is 12.2 Å². The highest BCUT2D eigenvalue weighted by Gasteiger charge is 2.26. The normalized spacial score (nSPS) is 14.6. The molecular formula is C19H16N2O5S. The van der Waals surface area contributed by atoms with Crippen LogP contribution in [0.5, 0.6) is 0 Å². The van der Waals surface area contributed by atoms with Crippen molar-refractivity contribution in [1.29, 1.82) is 0 Å². The number of aliphatic carboxylic acids is 2. The predicted molar refractivity (Wildman–Crippen MR) is 101 cm³/mol. The Morgan fingerprint density at radius 1 is 1.07 bits per heavy atom. The van der Waals surface area contributed by atoms with E-state index in [2.05, 4.69) is 4.98 Å². The molecule has 1 aliphatic rings. The van der Waals surface area contributed by atoms with E-state index in [1.807, 2.05) is 6.07 Å². The van der Waals surface area contributed by atoms with E-state index in [4.69, 9.17) is 10.2 Å². The molecule has 0 bridgehead atoms. The Morgan fingerprint density at radius 3 is 2.48 bits per heavy atom. The second-order valence-electron chi connectivity index (χ2n) is 5.77. The SMILES string of the molecule is O=C(O)/C=C/c1cccc(S(=O)N2CCc3cc(/C=C/C(=O)O)cnc32)c1. The van der Waals surface area contributed by atoms with Gasteiger partial charge in [-0.25, -0.2) is 18.8 Å². The van der Waals surface area contributed by atoms with Gasteiger partial charge in [0.25, 0.3) is 0 Å². The molecule has 0 radical (unpaired) electrons. The minimum atomic E-state index is -1.48. The van der Waals surface area contributed by atoms with Crippen molar-refractivity contribution in [3.8, 4) is 0 Å². The number of nitrogens with zero attached hydrogens (tertiary/aromatic N) is 2. The number of carboxylic acids is 2. The molecule has 8 heteroatoms. The average molecular weight is 384 g/mol. The first kappa shape index (κ1) is 18.5. The number of rotatable bonds is 6. The fourth-order valence-corrected chi connectivity index (χ4v) is 3.96. The zero-order valence-corrected chi connectivity index (χ0v) is 14.9. The van der Waals surface area contributed by atoms with Crippen LogP contribution in [-0.4, -0.2) is 37.9 Å². The summed E-state index contributed by atoms with van der Waals surface area (Å²) in [6.45, 7) is 0.524.